The zero-order valence-electron chi connectivity index (χ0n) is 12.8. The first-order valence-electron chi connectivity index (χ1n) is 6.58. The molecule has 1 aromatic carbocycles. The van der Waals surface area contributed by atoms with Crippen molar-refractivity contribution in [2.24, 2.45) is 0 Å². The van der Waals surface area contributed by atoms with E-state index in [-0.39, 0.29) is 4.90 Å². The summed E-state index contributed by atoms with van der Waals surface area (Å²) in [6.07, 6.45) is 0. The van der Waals surface area contributed by atoms with Gasteiger partial charge in [0.15, 0.2) is 0 Å². The Labute approximate surface area is 121 Å². The SMILES string of the molecule is CCN(CC(C)(C)O)c1ccccc1S(=O)(=O)N(C)C. The molecule has 0 aliphatic rings. The lowest BCUT2D eigenvalue weighted by atomic mass is 10.1. The van der Waals surface area contributed by atoms with Gasteiger partial charge < -0.3 is 10.0 Å². The van der Waals surface area contributed by atoms with E-state index >= 15 is 0 Å². The molecule has 0 amide bonds. The normalized spacial score (nSPS) is 12.8. The van der Waals surface area contributed by atoms with Gasteiger partial charge in [0.1, 0.15) is 4.90 Å². The molecule has 0 aliphatic carbocycles. The van der Waals surface area contributed by atoms with Crippen molar-refractivity contribution in [3.8, 4) is 0 Å². The fraction of sp³-hybridized carbons (Fsp3) is 0.571. The molecule has 0 atom stereocenters. The van der Waals surface area contributed by atoms with Gasteiger partial charge in [0.2, 0.25) is 10.0 Å². The van der Waals surface area contributed by atoms with E-state index in [2.05, 4.69) is 0 Å². The molecule has 0 unspecified atom stereocenters. The van der Waals surface area contributed by atoms with Crippen LogP contribution in [0.2, 0.25) is 0 Å². The molecule has 0 saturated carbocycles. The van der Waals surface area contributed by atoms with Gasteiger partial charge in [-0.15, -0.1) is 0 Å². The van der Waals surface area contributed by atoms with Crippen molar-refractivity contribution >= 4 is 15.7 Å². The van der Waals surface area contributed by atoms with Crippen molar-refractivity contribution in [1.82, 2.24) is 4.31 Å². The summed E-state index contributed by atoms with van der Waals surface area (Å²) in [4.78, 5) is 2.13. The molecule has 0 bridgehead atoms. The summed E-state index contributed by atoms with van der Waals surface area (Å²) in [7, 11) is -0.484. The summed E-state index contributed by atoms with van der Waals surface area (Å²) in [5, 5.41) is 9.98. The number of rotatable bonds is 6. The van der Waals surface area contributed by atoms with Gasteiger partial charge in [-0.25, -0.2) is 12.7 Å². The Morgan fingerprint density at radius 2 is 1.75 bits per heavy atom. The van der Waals surface area contributed by atoms with E-state index in [1.54, 1.807) is 38.1 Å². The Morgan fingerprint density at radius 3 is 2.20 bits per heavy atom. The molecule has 20 heavy (non-hydrogen) atoms. The third-order valence-corrected chi connectivity index (χ3v) is 4.79. The van der Waals surface area contributed by atoms with Crippen molar-refractivity contribution < 1.29 is 13.5 Å². The Morgan fingerprint density at radius 1 is 1.20 bits per heavy atom. The summed E-state index contributed by atoms with van der Waals surface area (Å²) in [5.41, 5.74) is -0.281. The molecular formula is C14H24N2O3S. The minimum absolute atomic E-state index is 0.260. The zero-order chi connectivity index (χ0) is 15.6. The Kier molecular flexibility index (Phi) is 5.18. The second kappa shape index (κ2) is 6.11. The van der Waals surface area contributed by atoms with Crippen LogP contribution in [0.3, 0.4) is 0 Å². The van der Waals surface area contributed by atoms with Gasteiger partial charge in [0.25, 0.3) is 0 Å². The Balaban J connectivity index is 3.32. The number of nitrogens with zero attached hydrogens (tertiary/aromatic N) is 2. The van der Waals surface area contributed by atoms with E-state index in [1.165, 1.54) is 18.4 Å². The topological polar surface area (TPSA) is 60.9 Å². The Hall–Kier alpha value is -1.11. The lowest BCUT2D eigenvalue weighted by molar-refractivity contribution is 0.0874. The second-order valence-electron chi connectivity index (χ2n) is 5.58. The summed E-state index contributed by atoms with van der Waals surface area (Å²) in [6.45, 7) is 6.33. The average molecular weight is 300 g/mol. The van der Waals surface area contributed by atoms with E-state index in [0.717, 1.165) is 0 Å². The van der Waals surface area contributed by atoms with Crippen LogP contribution in [0.15, 0.2) is 29.2 Å². The minimum atomic E-state index is -3.51. The van der Waals surface area contributed by atoms with Gasteiger partial charge in [-0.3, -0.25) is 0 Å². The van der Waals surface area contributed by atoms with Crippen molar-refractivity contribution in [2.45, 2.75) is 31.3 Å². The van der Waals surface area contributed by atoms with Crippen LogP contribution in [0.5, 0.6) is 0 Å². The molecule has 0 saturated heterocycles. The number of hydrogen-bond acceptors (Lipinski definition) is 4. The maximum Gasteiger partial charge on any atom is 0.244 e. The van der Waals surface area contributed by atoms with Gasteiger partial charge in [0.05, 0.1) is 11.3 Å². The van der Waals surface area contributed by atoms with Gasteiger partial charge in [0, 0.05) is 27.2 Å². The van der Waals surface area contributed by atoms with Crippen LogP contribution < -0.4 is 4.90 Å². The number of hydrogen-bond donors (Lipinski definition) is 1. The van der Waals surface area contributed by atoms with E-state index in [9.17, 15) is 13.5 Å². The van der Waals surface area contributed by atoms with Crippen LogP contribution in [0.1, 0.15) is 20.8 Å². The highest BCUT2D eigenvalue weighted by Gasteiger charge is 2.25. The van der Waals surface area contributed by atoms with E-state index in [0.29, 0.717) is 18.8 Å². The van der Waals surface area contributed by atoms with Crippen molar-refractivity contribution in [3.63, 3.8) is 0 Å². The molecule has 0 aromatic heterocycles. The first-order chi connectivity index (χ1) is 9.09. The number of aliphatic hydroxyl groups is 1. The van der Waals surface area contributed by atoms with Gasteiger partial charge >= 0.3 is 0 Å². The molecule has 0 aliphatic heterocycles. The van der Waals surface area contributed by atoms with Crippen LogP contribution in [0.25, 0.3) is 0 Å². The maximum atomic E-state index is 12.4. The molecule has 0 radical (unpaired) electrons. The lowest BCUT2D eigenvalue weighted by Gasteiger charge is -2.31. The van der Waals surface area contributed by atoms with Crippen LogP contribution in [-0.2, 0) is 10.0 Å². The highest BCUT2D eigenvalue weighted by atomic mass is 32.2. The quantitative estimate of drug-likeness (QED) is 0.865. The third kappa shape index (κ3) is 3.94. The smallest absolute Gasteiger partial charge is 0.244 e. The van der Waals surface area contributed by atoms with E-state index in [4.69, 9.17) is 0 Å². The first-order valence-corrected chi connectivity index (χ1v) is 8.02. The average Bonchev–Trinajstić information content (AvgIpc) is 2.34. The summed E-state index contributed by atoms with van der Waals surface area (Å²) in [6, 6.07) is 6.87. The molecule has 1 N–H and O–H groups in total. The predicted molar refractivity (Wildman–Crippen MR) is 81.5 cm³/mol. The molecule has 0 spiro atoms. The number of para-hydroxylation sites is 1. The molecular weight excluding hydrogens is 276 g/mol. The summed E-state index contributed by atoms with van der Waals surface area (Å²) in [5.74, 6) is 0. The number of likely N-dealkylation sites (N-methyl/N-ethyl adjacent to an activating group) is 1. The van der Waals surface area contributed by atoms with E-state index in [1.807, 2.05) is 11.8 Å². The maximum absolute atomic E-state index is 12.4. The number of anilines is 1. The lowest BCUT2D eigenvalue weighted by Crippen LogP contribution is -2.39. The first kappa shape index (κ1) is 16.9. The highest BCUT2D eigenvalue weighted by molar-refractivity contribution is 7.89. The van der Waals surface area contributed by atoms with Crippen molar-refractivity contribution in [1.29, 1.82) is 0 Å². The van der Waals surface area contributed by atoms with E-state index < -0.39 is 15.6 Å². The predicted octanol–water partition coefficient (Wildman–Crippen LogP) is 1.53. The highest BCUT2D eigenvalue weighted by Crippen LogP contribution is 2.27. The minimum Gasteiger partial charge on any atom is -0.389 e. The van der Waals surface area contributed by atoms with Gasteiger partial charge in [-0.2, -0.15) is 0 Å². The molecule has 1 aromatic rings. The van der Waals surface area contributed by atoms with Crippen molar-refractivity contribution in [2.75, 3.05) is 32.1 Å². The summed E-state index contributed by atoms with van der Waals surface area (Å²) >= 11 is 0. The standard InChI is InChI=1S/C14H24N2O3S/c1-6-16(11-14(2,3)17)12-9-7-8-10-13(12)20(18,19)15(4)5/h7-10,17H,6,11H2,1-5H3. The van der Waals surface area contributed by atoms with Crippen LogP contribution in [0, 0.1) is 0 Å². The van der Waals surface area contributed by atoms with Crippen LogP contribution in [0.4, 0.5) is 5.69 Å². The number of benzene rings is 1. The molecule has 0 fully saturated rings. The molecule has 5 nitrogen and oxygen atoms in total. The molecule has 0 heterocycles. The van der Waals surface area contributed by atoms with Gasteiger partial charge in [-0.1, -0.05) is 12.1 Å². The number of sulfonamides is 1. The van der Waals surface area contributed by atoms with Crippen LogP contribution in [-0.4, -0.2) is 50.6 Å². The fourth-order valence-corrected chi connectivity index (χ4v) is 3.07. The largest absolute Gasteiger partial charge is 0.389 e. The Bertz CT molecular complexity index is 548. The molecule has 114 valence electrons. The van der Waals surface area contributed by atoms with Crippen molar-refractivity contribution in [3.05, 3.63) is 24.3 Å². The molecule has 6 heteroatoms. The second-order valence-corrected chi connectivity index (χ2v) is 7.70. The molecule has 1 rings (SSSR count). The third-order valence-electron chi connectivity index (χ3n) is 2.92. The zero-order valence-corrected chi connectivity index (χ0v) is 13.6. The fourth-order valence-electron chi connectivity index (χ4n) is 1.97. The summed E-state index contributed by atoms with van der Waals surface area (Å²) < 4.78 is 25.9. The van der Waals surface area contributed by atoms with Gasteiger partial charge in [-0.05, 0) is 32.9 Å². The van der Waals surface area contributed by atoms with Crippen LogP contribution >= 0.6 is 0 Å². The monoisotopic (exact) mass is 300 g/mol.